The van der Waals surface area contributed by atoms with Crippen LogP contribution in [0.1, 0.15) is 5.56 Å². The highest BCUT2D eigenvalue weighted by molar-refractivity contribution is 9.10. The lowest BCUT2D eigenvalue weighted by atomic mass is 10.2. The van der Waals surface area contributed by atoms with Crippen LogP contribution in [0.25, 0.3) is 0 Å². The molecule has 3 nitrogen and oxygen atoms in total. The summed E-state index contributed by atoms with van der Waals surface area (Å²) in [4.78, 5) is 0. The molecule has 0 amide bonds. The Kier molecular flexibility index (Phi) is 3.80. The first-order valence-corrected chi connectivity index (χ1v) is 6.03. The molecular weight excluding hydrogens is 318 g/mol. The number of nitrogen functional groups attached to an aromatic ring is 1. The average molecular weight is 327 g/mol. The van der Waals surface area contributed by atoms with Gasteiger partial charge in [0.15, 0.2) is 0 Å². The minimum absolute atomic E-state index is 0.00215. The molecule has 0 unspecified atom stereocenters. The number of benzene rings is 2. The van der Waals surface area contributed by atoms with Gasteiger partial charge < -0.3 is 10.5 Å². The highest BCUT2D eigenvalue weighted by atomic mass is 79.9. The second-order valence-electron chi connectivity index (χ2n) is 3.76. The first kappa shape index (κ1) is 13.5. The van der Waals surface area contributed by atoms with Crippen molar-refractivity contribution in [1.82, 2.24) is 0 Å². The van der Waals surface area contributed by atoms with E-state index in [-0.39, 0.29) is 17.3 Å². The predicted octanol–water partition coefficient (Wildman–Crippen LogP) is 3.80. The number of halogens is 3. The summed E-state index contributed by atoms with van der Waals surface area (Å²) >= 11 is 3.25. The Morgan fingerprint density at radius 2 is 1.74 bits per heavy atom. The third-order valence-electron chi connectivity index (χ3n) is 2.30. The van der Waals surface area contributed by atoms with E-state index < -0.39 is 11.6 Å². The van der Waals surface area contributed by atoms with Gasteiger partial charge in [-0.3, -0.25) is 5.41 Å². The fourth-order valence-corrected chi connectivity index (χ4v) is 1.88. The summed E-state index contributed by atoms with van der Waals surface area (Å²) in [6.07, 6.45) is 0. The summed E-state index contributed by atoms with van der Waals surface area (Å²) in [6, 6.07) is 7.68. The number of rotatable bonds is 3. The Balaban J connectivity index is 2.40. The third-order valence-corrected chi connectivity index (χ3v) is 2.79. The van der Waals surface area contributed by atoms with Crippen LogP contribution in [-0.2, 0) is 0 Å². The van der Waals surface area contributed by atoms with E-state index in [2.05, 4.69) is 15.9 Å². The fraction of sp³-hybridized carbons (Fsp3) is 0. The van der Waals surface area contributed by atoms with Crippen molar-refractivity contribution < 1.29 is 13.5 Å². The number of amidine groups is 1. The molecule has 98 valence electrons. The summed E-state index contributed by atoms with van der Waals surface area (Å²) in [5.41, 5.74) is 5.76. The monoisotopic (exact) mass is 326 g/mol. The van der Waals surface area contributed by atoms with E-state index in [0.717, 1.165) is 22.7 Å². The molecule has 0 aliphatic rings. The molecule has 0 heterocycles. The van der Waals surface area contributed by atoms with Gasteiger partial charge in [0, 0.05) is 22.7 Å². The molecule has 0 spiro atoms. The Labute approximate surface area is 116 Å². The van der Waals surface area contributed by atoms with Gasteiger partial charge in [-0.15, -0.1) is 0 Å². The number of hydrogen-bond donors (Lipinski definition) is 2. The Bertz CT molecular complexity index is 626. The number of ether oxygens (including phenoxy) is 1. The van der Waals surface area contributed by atoms with E-state index in [0.29, 0.717) is 5.56 Å². The first-order chi connectivity index (χ1) is 8.95. The van der Waals surface area contributed by atoms with Crippen molar-refractivity contribution in [2.75, 3.05) is 0 Å². The molecule has 0 radical (unpaired) electrons. The molecule has 0 atom stereocenters. The van der Waals surface area contributed by atoms with Crippen molar-refractivity contribution in [1.29, 1.82) is 5.41 Å². The van der Waals surface area contributed by atoms with Gasteiger partial charge in [-0.25, -0.2) is 8.78 Å². The maximum Gasteiger partial charge on any atom is 0.138 e. The van der Waals surface area contributed by atoms with E-state index in [1.807, 2.05) is 0 Å². The van der Waals surface area contributed by atoms with Gasteiger partial charge in [-0.05, 0) is 18.2 Å². The third kappa shape index (κ3) is 3.29. The average Bonchev–Trinajstić information content (AvgIpc) is 2.30. The van der Waals surface area contributed by atoms with E-state index in [9.17, 15) is 8.78 Å². The van der Waals surface area contributed by atoms with E-state index in [1.165, 1.54) is 0 Å². The van der Waals surface area contributed by atoms with Gasteiger partial charge in [0.2, 0.25) is 0 Å². The molecular formula is C13H9BrF2N2O. The molecule has 0 fully saturated rings. The molecule has 2 aromatic rings. The molecule has 0 bridgehead atoms. The van der Waals surface area contributed by atoms with Gasteiger partial charge in [0.25, 0.3) is 0 Å². The highest BCUT2D eigenvalue weighted by Gasteiger charge is 2.10. The highest BCUT2D eigenvalue weighted by Crippen LogP contribution is 2.28. The zero-order valence-corrected chi connectivity index (χ0v) is 11.2. The van der Waals surface area contributed by atoms with Crippen LogP contribution in [-0.4, -0.2) is 5.84 Å². The second kappa shape index (κ2) is 5.36. The van der Waals surface area contributed by atoms with Crippen LogP contribution in [0.4, 0.5) is 8.78 Å². The lowest BCUT2D eigenvalue weighted by molar-refractivity contribution is 0.467. The summed E-state index contributed by atoms with van der Waals surface area (Å²) in [5, 5.41) is 7.45. The SMILES string of the molecule is N=C(N)c1cc(Br)ccc1Oc1cc(F)cc(F)c1. The van der Waals surface area contributed by atoms with Crippen molar-refractivity contribution in [3.05, 3.63) is 58.1 Å². The Hall–Kier alpha value is -1.95. The van der Waals surface area contributed by atoms with Gasteiger partial charge in [0.05, 0.1) is 5.56 Å². The van der Waals surface area contributed by atoms with Crippen molar-refractivity contribution >= 4 is 21.8 Å². The zero-order chi connectivity index (χ0) is 14.0. The van der Waals surface area contributed by atoms with Gasteiger partial charge in [-0.2, -0.15) is 0 Å². The van der Waals surface area contributed by atoms with Crippen LogP contribution in [0, 0.1) is 17.0 Å². The van der Waals surface area contributed by atoms with Crippen molar-refractivity contribution in [3.8, 4) is 11.5 Å². The fourth-order valence-electron chi connectivity index (χ4n) is 1.52. The van der Waals surface area contributed by atoms with Crippen LogP contribution in [0.15, 0.2) is 40.9 Å². The maximum absolute atomic E-state index is 13.1. The van der Waals surface area contributed by atoms with Gasteiger partial charge >= 0.3 is 0 Å². The second-order valence-corrected chi connectivity index (χ2v) is 4.68. The van der Waals surface area contributed by atoms with Gasteiger partial charge in [-0.1, -0.05) is 15.9 Å². The molecule has 0 saturated heterocycles. The van der Waals surface area contributed by atoms with E-state index >= 15 is 0 Å². The summed E-state index contributed by atoms with van der Waals surface area (Å²) < 4.78 is 32.2. The maximum atomic E-state index is 13.1. The van der Waals surface area contributed by atoms with Crippen molar-refractivity contribution in [3.63, 3.8) is 0 Å². The Morgan fingerprint density at radius 1 is 1.11 bits per heavy atom. The number of hydrogen-bond acceptors (Lipinski definition) is 2. The Morgan fingerprint density at radius 3 is 2.32 bits per heavy atom. The lowest BCUT2D eigenvalue weighted by Gasteiger charge is -2.11. The number of nitrogens with two attached hydrogens (primary N) is 1. The lowest BCUT2D eigenvalue weighted by Crippen LogP contribution is -2.12. The standard InChI is InChI=1S/C13H9BrF2N2O/c14-7-1-2-12(11(3-7)13(17)18)19-10-5-8(15)4-9(16)6-10/h1-6H,(H3,17,18). The molecule has 0 aliphatic carbocycles. The summed E-state index contributed by atoms with van der Waals surface area (Å²) in [7, 11) is 0. The molecule has 0 aliphatic heterocycles. The van der Waals surface area contributed by atoms with Crippen LogP contribution >= 0.6 is 15.9 Å². The van der Waals surface area contributed by atoms with Crippen LogP contribution in [0.5, 0.6) is 11.5 Å². The normalized spacial score (nSPS) is 10.3. The minimum atomic E-state index is -0.739. The molecule has 3 N–H and O–H groups in total. The van der Waals surface area contributed by atoms with Crippen LogP contribution in [0.2, 0.25) is 0 Å². The molecule has 0 aromatic heterocycles. The molecule has 0 saturated carbocycles. The molecule has 19 heavy (non-hydrogen) atoms. The van der Waals surface area contributed by atoms with Crippen LogP contribution < -0.4 is 10.5 Å². The summed E-state index contributed by atoms with van der Waals surface area (Å²) in [6.45, 7) is 0. The predicted molar refractivity (Wildman–Crippen MR) is 71.6 cm³/mol. The molecule has 2 aromatic carbocycles. The molecule has 6 heteroatoms. The minimum Gasteiger partial charge on any atom is -0.456 e. The first-order valence-electron chi connectivity index (χ1n) is 5.23. The summed E-state index contributed by atoms with van der Waals surface area (Å²) in [5.74, 6) is -1.43. The van der Waals surface area contributed by atoms with Crippen LogP contribution in [0.3, 0.4) is 0 Å². The largest absolute Gasteiger partial charge is 0.456 e. The van der Waals surface area contributed by atoms with Gasteiger partial charge in [0.1, 0.15) is 29.0 Å². The van der Waals surface area contributed by atoms with Crippen molar-refractivity contribution in [2.24, 2.45) is 5.73 Å². The zero-order valence-electron chi connectivity index (χ0n) is 9.58. The molecule has 2 rings (SSSR count). The smallest absolute Gasteiger partial charge is 0.138 e. The van der Waals surface area contributed by atoms with Crippen molar-refractivity contribution in [2.45, 2.75) is 0 Å². The topological polar surface area (TPSA) is 59.1 Å². The van der Waals surface area contributed by atoms with E-state index in [4.69, 9.17) is 15.9 Å². The van der Waals surface area contributed by atoms with E-state index in [1.54, 1.807) is 18.2 Å². The quantitative estimate of drug-likeness (QED) is 0.665. The number of nitrogens with one attached hydrogen (secondary N) is 1.